The van der Waals surface area contributed by atoms with E-state index in [2.05, 4.69) is 16.3 Å². The fraction of sp³-hybridized carbons (Fsp3) is 0.556. The minimum Gasteiger partial charge on any atom is -0.348 e. The third-order valence-electron chi connectivity index (χ3n) is 4.77. The first kappa shape index (κ1) is 15.1. The van der Waals surface area contributed by atoms with Gasteiger partial charge >= 0.3 is 0 Å². The van der Waals surface area contributed by atoms with E-state index in [9.17, 15) is 4.79 Å². The maximum Gasteiger partial charge on any atom is 0.238 e. The Labute approximate surface area is 132 Å². The lowest BCUT2D eigenvalue weighted by Crippen LogP contribution is -2.47. The molecule has 4 heteroatoms. The van der Waals surface area contributed by atoms with Crippen molar-refractivity contribution < 1.29 is 4.79 Å². The van der Waals surface area contributed by atoms with Crippen LogP contribution in [0.3, 0.4) is 0 Å². The first-order chi connectivity index (χ1) is 10.7. The van der Waals surface area contributed by atoms with Crippen LogP contribution in [0.4, 0.5) is 0 Å². The number of nitrogens with one attached hydrogen (secondary N) is 1. The predicted octanol–water partition coefficient (Wildman–Crippen LogP) is 2.61. The molecule has 1 N–H and O–H groups in total. The topological polar surface area (TPSA) is 56.1 Å². The summed E-state index contributed by atoms with van der Waals surface area (Å²) >= 11 is 0. The number of carbonyl (C=O) groups excluding carboxylic acids is 1. The molecule has 1 aromatic rings. The van der Waals surface area contributed by atoms with E-state index in [1.54, 1.807) is 12.1 Å². The van der Waals surface area contributed by atoms with Crippen LogP contribution in [0.1, 0.15) is 49.8 Å². The van der Waals surface area contributed by atoms with Gasteiger partial charge in [-0.15, -0.1) is 0 Å². The molecule has 1 saturated carbocycles. The summed E-state index contributed by atoms with van der Waals surface area (Å²) in [4.78, 5) is 15.1. The van der Waals surface area contributed by atoms with Crippen molar-refractivity contribution >= 4 is 5.91 Å². The molecule has 1 saturated heterocycles. The molecule has 0 unspecified atom stereocenters. The largest absolute Gasteiger partial charge is 0.348 e. The summed E-state index contributed by atoms with van der Waals surface area (Å²) in [7, 11) is 0. The van der Waals surface area contributed by atoms with Crippen LogP contribution in [-0.2, 0) is 4.79 Å². The Bertz CT molecular complexity index is 565. The molecule has 116 valence electrons. The van der Waals surface area contributed by atoms with Gasteiger partial charge in [0, 0.05) is 0 Å². The zero-order chi connectivity index (χ0) is 15.5. The van der Waals surface area contributed by atoms with Crippen molar-refractivity contribution in [1.29, 1.82) is 5.26 Å². The molecule has 3 rings (SSSR count). The first-order valence-electron chi connectivity index (χ1n) is 8.23. The van der Waals surface area contributed by atoms with Crippen molar-refractivity contribution in [3.05, 3.63) is 35.4 Å². The average Bonchev–Trinajstić information content (AvgIpc) is 3.21. The molecular weight excluding hydrogens is 274 g/mol. The molecule has 1 aliphatic heterocycles. The van der Waals surface area contributed by atoms with Gasteiger partial charge in [0.15, 0.2) is 0 Å². The van der Waals surface area contributed by atoms with Crippen molar-refractivity contribution in [2.45, 2.75) is 44.7 Å². The highest BCUT2D eigenvalue weighted by atomic mass is 16.2. The molecule has 1 heterocycles. The maximum atomic E-state index is 12.7. The number of nitrogens with zero attached hydrogens (tertiary/aromatic N) is 2. The van der Waals surface area contributed by atoms with E-state index in [1.807, 2.05) is 19.1 Å². The summed E-state index contributed by atoms with van der Waals surface area (Å²) in [5.74, 6) is 0.715. The van der Waals surface area contributed by atoms with Crippen molar-refractivity contribution in [2.75, 3.05) is 13.1 Å². The molecule has 0 radical (unpaired) electrons. The second-order valence-electron chi connectivity index (χ2n) is 6.49. The fourth-order valence-corrected chi connectivity index (χ4v) is 3.34. The van der Waals surface area contributed by atoms with Crippen LogP contribution in [0.15, 0.2) is 24.3 Å². The number of likely N-dealkylation sites (tertiary alicyclic amines) is 1. The van der Waals surface area contributed by atoms with Crippen LogP contribution in [0, 0.1) is 17.2 Å². The molecule has 2 aliphatic rings. The van der Waals surface area contributed by atoms with Crippen LogP contribution in [0.25, 0.3) is 0 Å². The van der Waals surface area contributed by atoms with Crippen molar-refractivity contribution in [1.82, 2.24) is 10.2 Å². The third kappa shape index (κ3) is 3.31. The van der Waals surface area contributed by atoms with E-state index in [4.69, 9.17) is 5.26 Å². The Hall–Kier alpha value is -1.86. The van der Waals surface area contributed by atoms with Crippen molar-refractivity contribution in [3.63, 3.8) is 0 Å². The molecule has 22 heavy (non-hydrogen) atoms. The van der Waals surface area contributed by atoms with Gasteiger partial charge in [0.25, 0.3) is 0 Å². The van der Waals surface area contributed by atoms with Gasteiger partial charge in [-0.2, -0.15) is 5.26 Å². The summed E-state index contributed by atoms with van der Waals surface area (Å²) in [5.41, 5.74) is 1.69. The molecule has 4 nitrogen and oxygen atoms in total. The lowest BCUT2D eigenvalue weighted by Gasteiger charge is -2.28. The number of hydrogen-bond acceptors (Lipinski definition) is 3. The molecule has 0 bridgehead atoms. The zero-order valence-electron chi connectivity index (χ0n) is 13.1. The average molecular weight is 297 g/mol. The van der Waals surface area contributed by atoms with Crippen LogP contribution >= 0.6 is 0 Å². The predicted molar refractivity (Wildman–Crippen MR) is 85.0 cm³/mol. The van der Waals surface area contributed by atoms with Gasteiger partial charge in [-0.05, 0) is 69.3 Å². The standard InChI is InChI=1S/C18H23N3O/c1-13(15-6-4-14(12-19)5-7-15)20-18(22)17(16-8-9-16)21-10-2-3-11-21/h4-7,13,16-17H,2-3,8-11H2,1H3,(H,20,22)/t13-,17-/m1/s1. The molecule has 0 aromatic heterocycles. The van der Waals surface area contributed by atoms with E-state index in [1.165, 1.54) is 25.7 Å². The number of amides is 1. The normalized spacial score (nSPS) is 21.1. The van der Waals surface area contributed by atoms with Gasteiger partial charge in [-0.25, -0.2) is 0 Å². The second kappa shape index (κ2) is 6.50. The van der Waals surface area contributed by atoms with Crippen molar-refractivity contribution in [2.24, 2.45) is 5.92 Å². The van der Waals surface area contributed by atoms with Gasteiger partial charge in [0.2, 0.25) is 5.91 Å². The van der Waals surface area contributed by atoms with Gasteiger partial charge in [0.05, 0.1) is 23.7 Å². The lowest BCUT2D eigenvalue weighted by atomic mass is 10.0. The molecular formula is C18H23N3O. The highest BCUT2D eigenvalue weighted by Crippen LogP contribution is 2.37. The molecule has 1 aliphatic carbocycles. The van der Waals surface area contributed by atoms with Crippen molar-refractivity contribution in [3.8, 4) is 6.07 Å². The molecule has 1 aromatic carbocycles. The highest BCUT2D eigenvalue weighted by molar-refractivity contribution is 5.83. The summed E-state index contributed by atoms with van der Waals surface area (Å²) in [6, 6.07) is 9.60. The Morgan fingerprint density at radius 1 is 1.27 bits per heavy atom. The number of hydrogen-bond donors (Lipinski definition) is 1. The Kier molecular flexibility index (Phi) is 4.44. The van der Waals surface area contributed by atoms with Crippen LogP contribution in [-0.4, -0.2) is 29.9 Å². The van der Waals surface area contributed by atoms with Gasteiger partial charge in [-0.3, -0.25) is 9.69 Å². The first-order valence-corrected chi connectivity index (χ1v) is 8.23. The number of benzene rings is 1. The summed E-state index contributed by atoms with van der Waals surface area (Å²) in [5, 5.41) is 12.0. The summed E-state index contributed by atoms with van der Waals surface area (Å²) in [6.45, 7) is 4.12. The van der Waals surface area contributed by atoms with Crippen LogP contribution < -0.4 is 5.32 Å². The quantitative estimate of drug-likeness (QED) is 0.909. The van der Waals surface area contributed by atoms with Gasteiger partial charge in [-0.1, -0.05) is 12.1 Å². The minimum atomic E-state index is -0.0240. The van der Waals surface area contributed by atoms with Crippen LogP contribution in [0.5, 0.6) is 0 Å². The number of rotatable bonds is 5. The van der Waals surface area contributed by atoms with E-state index < -0.39 is 0 Å². The molecule has 0 spiro atoms. The summed E-state index contributed by atoms with van der Waals surface area (Å²) in [6.07, 6.45) is 4.78. The third-order valence-corrected chi connectivity index (χ3v) is 4.77. The van der Waals surface area contributed by atoms with Gasteiger partial charge < -0.3 is 5.32 Å². The molecule has 1 amide bonds. The zero-order valence-corrected chi connectivity index (χ0v) is 13.1. The van der Waals surface area contributed by atoms with E-state index in [0.29, 0.717) is 11.5 Å². The second-order valence-corrected chi connectivity index (χ2v) is 6.49. The number of carbonyl (C=O) groups is 1. The van der Waals surface area contributed by atoms with E-state index >= 15 is 0 Å². The van der Waals surface area contributed by atoms with E-state index in [0.717, 1.165) is 18.7 Å². The maximum absolute atomic E-state index is 12.7. The Morgan fingerprint density at radius 2 is 1.91 bits per heavy atom. The fourth-order valence-electron chi connectivity index (χ4n) is 3.34. The van der Waals surface area contributed by atoms with E-state index in [-0.39, 0.29) is 18.0 Å². The van der Waals surface area contributed by atoms with Crippen LogP contribution in [0.2, 0.25) is 0 Å². The highest BCUT2D eigenvalue weighted by Gasteiger charge is 2.41. The Balaban J connectivity index is 1.64. The monoisotopic (exact) mass is 297 g/mol. The minimum absolute atomic E-state index is 0.0240. The lowest BCUT2D eigenvalue weighted by molar-refractivity contribution is -0.127. The number of nitriles is 1. The molecule has 2 fully saturated rings. The van der Waals surface area contributed by atoms with Gasteiger partial charge in [0.1, 0.15) is 0 Å². The SMILES string of the molecule is C[C@@H](NC(=O)[C@@H](C1CC1)N1CCCC1)c1ccc(C#N)cc1. The Morgan fingerprint density at radius 3 is 2.45 bits per heavy atom. The smallest absolute Gasteiger partial charge is 0.238 e. The summed E-state index contributed by atoms with van der Waals surface area (Å²) < 4.78 is 0. The molecule has 2 atom stereocenters.